The van der Waals surface area contributed by atoms with Gasteiger partial charge in [-0.1, -0.05) is 6.92 Å². The second-order valence-electron chi connectivity index (χ2n) is 6.34. The highest BCUT2D eigenvalue weighted by atomic mass is 16.2. The Morgan fingerprint density at radius 3 is 2.73 bits per heavy atom. The van der Waals surface area contributed by atoms with Crippen LogP contribution in [0.3, 0.4) is 0 Å². The molecular weight excluding hydrogens is 282 g/mol. The minimum atomic E-state index is -0.213. The van der Waals surface area contributed by atoms with Crippen LogP contribution in [0.25, 0.3) is 0 Å². The Hall–Kier alpha value is -1.92. The SMILES string of the molecule is CCc1nnc2n1CCN(C(=O)C1CC(=O)N(C(C)C)C1)C2. The third-order valence-corrected chi connectivity index (χ3v) is 4.59. The zero-order valence-electron chi connectivity index (χ0n) is 13.4. The smallest absolute Gasteiger partial charge is 0.228 e. The maximum absolute atomic E-state index is 12.7. The standard InChI is InChI=1S/C15H23N5O2/c1-4-12-16-17-13-9-18(5-6-19(12)13)15(22)11-7-14(21)20(8-11)10(2)3/h10-11H,4-9H2,1-3H3. The van der Waals surface area contributed by atoms with E-state index in [-0.39, 0.29) is 23.8 Å². The van der Waals surface area contributed by atoms with Crippen LogP contribution in [0.15, 0.2) is 0 Å². The van der Waals surface area contributed by atoms with Gasteiger partial charge in [0.1, 0.15) is 5.82 Å². The molecule has 1 saturated heterocycles. The monoisotopic (exact) mass is 305 g/mol. The maximum atomic E-state index is 12.7. The number of fused-ring (bicyclic) bond motifs is 1. The predicted molar refractivity (Wildman–Crippen MR) is 79.8 cm³/mol. The molecule has 0 radical (unpaired) electrons. The van der Waals surface area contributed by atoms with Crippen molar-refractivity contribution in [2.45, 2.75) is 52.7 Å². The van der Waals surface area contributed by atoms with Crippen molar-refractivity contribution >= 4 is 11.8 Å². The van der Waals surface area contributed by atoms with Crippen molar-refractivity contribution in [3.8, 4) is 0 Å². The number of aryl methyl sites for hydroxylation is 1. The second-order valence-corrected chi connectivity index (χ2v) is 6.34. The summed E-state index contributed by atoms with van der Waals surface area (Å²) in [6.45, 7) is 8.48. The molecule has 1 unspecified atom stereocenters. The molecule has 22 heavy (non-hydrogen) atoms. The lowest BCUT2D eigenvalue weighted by Crippen LogP contribution is -2.43. The van der Waals surface area contributed by atoms with E-state index >= 15 is 0 Å². The number of likely N-dealkylation sites (tertiary alicyclic amines) is 1. The number of hydrogen-bond acceptors (Lipinski definition) is 4. The van der Waals surface area contributed by atoms with Crippen LogP contribution in [-0.2, 0) is 29.1 Å². The van der Waals surface area contributed by atoms with E-state index in [9.17, 15) is 9.59 Å². The van der Waals surface area contributed by atoms with Gasteiger partial charge in [-0.05, 0) is 13.8 Å². The van der Waals surface area contributed by atoms with Crippen LogP contribution in [0, 0.1) is 5.92 Å². The number of hydrogen-bond donors (Lipinski definition) is 0. The first kappa shape index (κ1) is 15.0. The fourth-order valence-electron chi connectivity index (χ4n) is 3.32. The van der Waals surface area contributed by atoms with E-state index in [1.807, 2.05) is 18.7 Å². The topological polar surface area (TPSA) is 71.3 Å². The van der Waals surface area contributed by atoms with Crippen molar-refractivity contribution in [1.82, 2.24) is 24.6 Å². The summed E-state index contributed by atoms with van der Waals surface area (Å²) in [5.41, 5.74) is 0. The largest absolute Gasteiger partial charge is 0.339 e. The van der Waals surface area contributed by atoms with Gasteiger partial charge >= 0.3 is 0 Å². The molecule has 2 aliphatic rings. The molecule has 120 valence electrons. The molecule has 7 nitrogen and oxygen atoms in total. The van der Waals surface area contributed by atoms with Gasteiger partial charge in [0.05, 0.1) is 12.5 Å². The van der Waals surface area contributed by atoms with E-state index in [1.165, 1.54) is 0 Å². The highest BCUT2D eigenvalue weighted by Gasteiger charge is 2.38. The molecule has 0 N–H and O–H groups in total. The van der Waals surface area contributed by atoms with Crippen LogP contribution in [0.5, 0.6) is 0 Å². The van der Waals surface area contributed by atoms with Crippen molar-refractivity contribution in [3.05, 3.63) is 11.6 Å². The number of nitrogens with zero attached hydrogens (tertiary/aromatic N) is 5. The molecule has 3 rings (SSSR count). The van der Waals surface area contributed by atoms with Gasteiger partial charge in [0.15, 0.2) is 5.82 Å². The Labute approximate surface area is 130 Å². The van der Waals surface area contributed by atoms with E-state index in [0.717, 1.165) is 24.6 Å². The maximum Gasteiger partial charge on any atom is 0.228 e. The first-order chi connectivity index (χ1) is 10.5. The van der Waals surface area contributed by atoms with E-state index in [1.54, 1.807) is 4.90 Å². The summed E-state index contributed by atoms with van der Waals surface area (Å²) >= 11 is 0. The van der Waals surface area contributed by atoms with Gasteiger partial charge in [-0.3, -0.25) is 9.59 Å². The lowest BCUT2D eigenvalue weighted by molar-refractivity contribution is -0.137. The van der Waals surface area contributed by atoms with E-state index < -0.39 is 0 Å². The van der Waals surface area contributed by atoms with Crippen LogP contribution in [0.4, 0.5) is 0 Å². The number of aromatic nitrogens is 3. The molecule has 3 heterocycles. The van der Waals surface area contributed by atoms with Crippen LogP contribution >= 0.6 is 0 Å². The number of amides is 2. The van der Waals surface area contributed by atoms with Crippen molar-refractivity contribution in [2.24, 2.45) is 5.92 Å². The van der Waals surface area contributed by atoms with Gasteiger partial charge in [0, 0.05) is 38.5 Å². The normalized spacial score (nSPS) is 21.6. The molecule has 0 aliphatic carbocycles. The summed E-state index contributed by atoms with van der Waals surface area (Å²) < 4.78 is 2.10. The number of carbonyl (C=O) groups excluding carboxylic acids is 2. The van der Waals surface area contributed by atoms with Crippen molar-refractivity contribution in [3.63, 3.8) is 0 Å². The minimum Gasteiger partial charge on any atom is -0.339 e. The lowest BCUT2D eigenvalue weighted by Gasteiger charge is -2.30. The molecule has 0 bridgehead atoms. The van der Waals surface area contributed by atoms with Crippen molar-refractivity contribution in [2.75, 3.05) is 13.1 Å². The van der Waals surface area contributed by atoms with Gasteiger partial charge in [0.25, 0.3) is 0 Å². The van der Waals surface area contributed by atoms with Gasteiger partial charge in [0.2, 0.25) is 11.8 Å². The lowest BCUT2D eigenvalue weighted by atomic mass is 10.1. The summed E-state index contributed by atoms with van der Waals surface area (Å²) in [4.78, 5) is 28.3. The zero-order valence-corrected chi connectivity index (χ0v) is 13.4. The fraction of sp³-hybridized carbons (Fsp3) is 0.733. The molecule has 7 heteroatoms. The second kappa shape index (κ2) is 5.70. The van der Waals surface area contributed by atoms with Crippen LogP contribution in [-0.4, -0.2) is 55.5 Å². The van der Waals surface area contributed by atoms with Crippen LogP contribution in [0.1, 0.15) is 38.8 Å². The summed E-state index contributed by atoms with van der Waals surface area (Å²) in [6.07, 6.45) is 1.18. The Kier molecular flexibility index (Phi) is 3.88. The van der Waals surface area contributed by atoms with Gasteiger partial charge < -0.3 is 14.4 Å². The highest BCUT2D eigenvalue weighted by molar-refractivity contribution is 5.89. The molecule has 0 spiro atoms. The van der Waals surface area contributed by atoms with E-state index in [0.29, 0.717) is 26.1 Å². The Balaban J connectivity index is 1.68. The Morgan fingerprint density at radius 2 is 2.09 bits per heavy atom. The number of rotatable bonds is 3. The molecule has 0 aromatic carbocycles. The first-order valence-corrected chi connectivity index (χ1v) is 8.00. The van der Waals surface area contributed by atoms with Gasteiger partial charge in [-0.15, -0.1) is 10.2 Å². The highest BCUT2D eigenvalue weighted by Crippen LogP contribution is 2.24. The molecule has 1 aromatic rings. The summed E-state index contributed by atoms with van der Waals surface area (Å²) in [7, 11) is 0. The quantitative estimate of drug-likeness (QED) is 0.812. The third-order valence-electron chi connectivity index (χ3n) is 4.59. The summed E-state index contributed by atoms with van der Waals surface area (Å²) in [6, 6.07) is 0.155. The molecule has 2 amide bonds. The average molecular weight is 305 g/mol. The van der Waals surface area contributed by atoms with Crippen LogP contribution in [0.2, 0.25) is 0 Å². The minimum absolute atomic E-state index is 0.0730. The predicted octanol–water partition coefficient (Wildman–Crippen LogP) is 0.440. The zero-order chi connectivity index (χ0) is 15.9. The van der Waals surface area contributed by atoms with E-state index in [2.05, 4.69) is 21.7 Å². The van der Waals surface area contributed by atoms with Gasteiger partial charge in [-0.2, -0.15) is 0 Å². The Morgan fingerprint density at radius 1 is 1.32 bits per heavy atom. The summed E-state index contributed by atoms with van der Waals surface area (Å²) in [5, 5.41) is 8.35. The molecule has 1 atom stereocenters. The molecule has 0 saturated carbocycles. The molecular formula is C15H23N5O2. The summed E-state index contributed by atoms with van der Waals surface area (Å²) in [5.74, 6) is 1.77. The molecule has 1 fully saturated rings. The van der Waals surface area contributed by atoms with Crippen LogP contribution < -0.4 is 0 Å². The first-order valence-electron chi connectivity index (χ1n) is 8.00. The van der Waals surface area contributed by atoms with Crippen molar-refractivity contribution < 1.29 is 9.59 Å². The number of carbonyl (C=O) groups is 2. The fourth-order valence-corrected chi connectivity index (χ4v) is 3.32. The van der Waals surface area contributed by atoms with E-state index in [4.69, 9.17) is 0 Å². The van der Waals surface area contributed by atoms with Gasteiger partial charge in [-0.25, -0.2) is 0 Å². The molecule has 1 aromatic heterocycles. The third kappa shape index (κ3) is 2.48. The van der Waals surface area contributed by atoms with Crippen molar-refractivity contribution in [1.29, 1.82) is 0 Å². The average Bonchev–Trinajstić information content (AvgIpc) is 3.08. The Bertz CT molecular complexity index is 595. The molecule has 2 aliphatic heterocycles.